The van der Waals surface area contributed by atoms with Crippen LogP contribution in [0.3, 0.4) is 0 Å². The van der Waals surface area contributed by atoms with Crippen molar-refractivity contribution in [2.75, 3.05) is 22.9 Å². The minimum absolute atomic E-state index is 0.318. The molecular formula is C41H40N2O3. The number of esters is 1. The Labute approximate surface area is 272 Å². The van der Waals surface area contributed by atoms with Crippen LogP contribution in [-0.2, 0) is 23.4 Å². The molecule has 1 atom stereocenters. The summed E-state index contributed by atoms with van der Waals surface area (Å²) >= 11 is 0. The molecule has 0 aromatic heterocycles. The van der Waals surface area contributed by atoms with E-state index in [2.05, 4.69) is 123 Å². The van der Waals surface area contributed by atoms with Gasteiger partial charge in [0.05, 0.1) is 5.56 Å². The third-order valence-electron chi connectivity index (χ3n) is 9.45. The van der Waals surface area contributed by atoms with Crippen LogP contribution in [0.15, 0.2) is 103 Å². The van der Waals surface area contributed by atoms with E-state index in [9.17, 15) is 4.79 Å². The predicted molar refractivity (Wildman–Crippen MR) is 185 cm³/mol. The van der Waals surface area contributed by atoms with E-state index in [4.69, 9.17) is 9.47 Å². The van der Waals surface area contributed by atoms with Gasteiger partial charge in [0.2, 0.25) is 0 Å². The topological polar surface area (TPSA) is 42.0 Å². The molecule has 0 amide bonds. The molecule has 0 radical (unpaired) electrons. The number of nitrogens with zero attached hydrogens (tertiary/aromatic N) is 2. The number of carbonyl (C=O) groups is 1. The molecule has 5 aromatic carbocycles. The third-order valence-corrected chi connectivity index (χ3v) is 9.45. The molecule has 46 heavy (non-hydrogen) atoms. The molecule has 5 heteroatoms. The molecule has 5 aromatic rings. The Kier molecular flexibility index (Phi) is 7.56. The van der Waals surface area contributed by atoms with Gasteiger partial charge in [-0.05, 0) is 81.6 Å². The molecule has 2 heterocycles. The van der Waals surface area contributed by atoms with Crippen LogP contribution >= 0.6 is 0 Å². The summed E-state index contributed by atoms with van der Waals surface area (Å²) in [6, 6.07) is 35.9. The van der Waals surface area contributed by atoms with Gasteiger partial charge in [-0.3, -0.25) is 0 Å². The second-order valence-electron chi connectivity index (χ2n) is 12.5. The number of carbonyl (C=O) groups excluding carboxylic acids is 1. The van der Waals surface area contributed by atoms with Crippen molar-refractivity contribution in [3.8, 4) is 11.5 Å². The highest BCUT2D eigenvalue weighted by atomic mass is 16.6. The second-order valence-corrected chi connectivity index (χ2v) is 12.5. The number of hydrogen-bond donors (Lipinski definition) is 0. The maximum atomic E-state index is 13.6. The lowest BCUT2D eigenvalue weighted by molar-refractivity contribution is 0.0224. The van der Waals surface area contributed by atoms with Crippen molar-refractivity contribution in [1.82, 2.24) is 0 Å². The van der Waals surface area contributed by atoms with Gasteiger partial charge in [0.1, 0.15) is 11.5 Å². The van der Waals surface area contributed by atoms with E-state index < -0.39 is 5.60 Å². The fourth-order valence-corrected chi connectivity index (χ4v) is 6.94. The van der Waals surface area contributed by atoms with Crippen LogP contribution in [0.5, 0.6) is 11.5 Å². The van der Waals surface area contributed by atoms with Gasteiger partial charge in [0, 0.05) is 60.3 Å². The van der Waals surface area contributed by atoms with Gasteiger partial charge in [-0.2, -0.15) is 0 Å². The number of anilines is 2. The predicted octanol–water partition coefficient (Wildman–Crippen LogP) is 9.23. The summed E-state index contributed by atoms with van der Waals surface area (Å²) in [6.45, 7) is 13.8. The van der Waals surface area contributed by atoms with E-state index in [1.54, 1.807) is 0 Å². The largest absolute Gasteiger partial charge is 0.456 e. The van der Waals surface area contributed by atoms with Crippen LogP contribution in [-0.4, -0.2) is 19.1 Å². The standard InChI is InChI=1S/C41H40N2O3/c1-6-42(7-2)32-20-21-36-38(24-32)45-39-29(5)22-33(23-37(39)41(36)35-11-9-8-10-34(35)40(44)46-41)43(25-30-16-12-27(3)13-17-30)26-31-18-14-28(4)15-19-31/h8-24H,6-7,25-26H2,1-5H3. The van der Waals surface area contributed by atoms with Crippen molar-refractivity contribution in [2.45, 2.75) is 53.3 Å². The second kappa shape index (κ2) is 11.7. The highest BCUT2D eigenvalue weighted by Gasteiger charge is 2.54. The van der Waals surface area contributed by atoms with Gasteiger partial charge >= 0.3 is 5.97 Å². The van der Waals surface area contributed by atoms with E-state index in [0.717, 1.165) is 65.6 Å². The number of hydrogen-bond acceptors (Lipinski definition) is 5. The Morgan fingerprint density at radius 2 is 1.26 bits per heavy atom. The zero-order valence-electron chi connectivity index (χ0n) is 27.3. The van der Waals surface area contributed by atoms with Crippen molar-refractivity contribution >= 4 is 17.3 Å². The lowest BCUT2D eigenvalue weighted by Gasteiger charge is -2.39. The number of rotatable bonds is 8. The fourth-order valence-electron chi connectivity index (χ4n) is 6.94. The van der Waals surface area contributed by atoms with Gasteiger partial charge < -0.3 is 19.3 Å². The number of fused-ring (bicyclic) bond motifs is 6. The Balaban J connectivity index is 1.42. The molecule has 2 aliphatic heterocycles. The maximum Gasteiger partial charge on any atom is 0.340 e. The summed E-state index contributed by atoms with van der Waals surface area (Å²) in [5.74, 6) is 1.14. The van der Waals surface area contributed by atoms with Gasteiger partial charge in [-0.25, -0.2) is 4.79 Å². The Morgan fingerprint density at radius 1 is 0.630 bits per heavy atom. The Hall–Kier alpha value is -5.03. The zero-order chi connectivity index (χ0) is 32.0. The summed E-state index contributed by atoms with van der Waals surface area (Å²) in [6.07, 6.45) is 0. The summed E-state index contributed by atoms with van der Waals surface area (Å²) in [4.78, 5) is 18.3. The monoisotopic (exact) mass is 608 g/mol. The molecule has 0 bridgehead atoms. The van der Waals surface area contributed by atoms with Crippen molar-refractivity contribution < 1.29 is 14.3 Å². The van der Waals surface area contributed by atoms with E-state index in [0.29, 0.717) is 11.3 Å². The summed E-state index contributed by atoms with van der Waals surface area (Å²) in [5, 5.41) is 0. The highest BCUT2D eigenvalue weighted by Crippen LogP contribution is 2.58. The van der Waals surface area contributed by atoms with Crippen LogP contribution in [0.25, 0.3) is 0 Å². The van der Waals surface area contributed by atoms with Crippen molar-refractivity contribution in [1.29, 1.82) is 0 Å². The van der Waals surface area contributed by atoms with E-state index in [1.165, 1.54) is 22.3 Å². The van der Waals surface area contributed by atoms with Crippen LogP contribution in [0, 0.1) is 20.8 Å². The lowest BCUT2D eigenvalue weighted by Crippen LogP contribution is -2.34. The van der Waals surface area contributed by atoms with Crippen LogP contribution in [0.4, 0.5) is 11.4 Å². The molecule has 0 saturated heterocycles. The number of ether oxygens (including phenoxy) is 2. The summed E-state index contributed by atoms with van der Waals surface area (Å²) in [7, 11) is 0. The van der Waals surface area contributed by atoms with Gasteiger partial charge in [-0.15, -0.1) is 0 Å². The third kappa shape index (κ3) is 5.00. The first-order chi connectivity index (χ1) is 22.3. The quantitative estimate of drug-likeness (QED) is 0.164. The number of aryl methyl sites for hydroxylation is 3. The lowest BCUT2D eigenvalue weighted by atomic mass is 9.76. The van der Waals surface area contributed by atoms with Gasteiger partial charge in [-0.1, -0.05) is 77.9 Å². The summed E-state index contributed by atoms with van der Waals surface area (Å²) < 4.78 is 13.4. The van der Waals surface area contributed by atoms with E-state index >= 15 is 0 Å². The van der Waals surface area contributed by atoms with Crippen molar-refractivity contribution in [2.24, 2.45) is 0 Å². The highest BCUT2D eigenvalue weighted by molar-refractivity contribution is 5.97. The first-order valence-corrected chi connectivity index (χ1v) is 16.2. The molecule has 2 aliphatic rings. The first kappa shape index (κ1) is 29.7. The molecular weight excluding hydrogens is 568 g/mol. The van der Waals surface area contributed by atoms with E-state index in [1.807, 2.05) is 24.3 Å². The van der Waals surface area contributed by atoms with Crippen molar-refractivity contribution in [3.05, 3.63) is 153 Å². The maximum absolute atomic E-state index is 13.6. The average Bonchev–Trinajstić information content (AvgIpc) is 3.36. The van der Waals surface area contributed by atoms with E-state index in [-0.39, 0.29) is 5.97 Å². The van der Waals surface area contributed by atoms with Gasteiger partial charge in [0.25, 0.3) is 0 Å². The molecule has 7 rings (SSSR count). The average molecular weight is 609 g/mol. The smallest absolute Gasteiger partial charge is 0.340 e. The minimum Gasteiger partial charge on any atom is -0.456 e. The molecule has 232 valence electrons. The Morgan fingerprint density at radius 3 is 1.89 bits per heavy atom. The summed E-state index contributed by atoms with van der Waals surface area (Å²) in [5.41, 5.74) is 10.1. The SMILES string of the molecule is CCN(CC)c1ccc2c(c1)Oc1c(C)cc(N(Cc3ccc(C)cc3)Cc3ccc(C)cc3)cc1C21OC(=O)c2ccccc21. The normalized spacial score (nSPS) is 15.9. The molecule has 1 unspecified atom stereocenters. The zero-order valence-corrected chi connectivity index (χ0v) is 27.3. The Bertz CT molecular complexity index is 1880. The van der Waals surface area contributed by atoms with Crippen molar-refractivity contribution in [3.63, 3.8) is 0 Å². The first-order valence-electron chi connectivity index (χ1n) is 16.2. The van der Waals surface area contributed by atoms with Crippen LogP contribution in [0.1, 0.15) is 68.7 Å². The van der Waals surface area contributed by atoms with Crippen LogP contribution < -0.4 is 14.5 Å². The molecule has 5 nitrogen and oxygen atoms in total. The minimum atomic E-state index is -1.13. The number of benzene rings is 5. The van der Waals surface area contributed by atoms with Gasteiger partial charge in [0.15, 0.2) is 5.60 Å². The molecule has 0 fully saturated rings. The molecule has 0 N–H and O–H groups in total. The molecule has 1 spiro atoms. The fraction of sp³-hybridized carbons (Fsp3) is 0.244. The molecule has 0 saturated carbocycles. The van der Waals surface area contributed by atoms with Crippen LogP contribution in [0.2, 0.25) is 0 Å². The molecule has 0 aliphatic carbocycles.